The summed E-state index contributed by atoms with van der Waals surface area (Å²) in [6.07, 6.45) is 0. The zero-order valence-electron chi connectivity index (χ0n) is 15.4. The molecule has 1 aromatic heterocycles. The maximum Gasteiger partial charge on any atom is 0.267 e. The van der Waals surface area contributed by atoms with Gasteiger partial charge in [0.2, 0.25) is 5.91 Å². The predicted molar refractivity (Wildman–Crippen MR) is 111 cm³/mol. The Morgan fingerprint density at radius 3 is 2.66 bits per heavy atom. The van der Waals surface area contributed by atoms with Gasteiger partial charge in [-0.05, 0) is 35.0 Å². The zero-order chi connectivity index (χ0) is 20.2. The Bertz CT molecular complexity index is 1310. The van der Waals surface area contributed by atoms with Crippen molar-refractivity contribution in [3.63, 3.8) is 0 Å². The van der Waals surface area contributed by atoms with E-state index in [0.717, 1.165) is 21.0 Å². The van der Waals surface area contributed by atoms with Crippen LogP contribution < -0.4 is 10.9 Å². The van der Waals surface area contributed by atoms with E-state index in [2.05, 4.69) is 10.4 Å². The van der Waals surface area contributed by atoms with Gasteiger partial charge in [0, 0.05) is 17.3 Å². The standard InChI is InChI=1S/C23H16N4O2/c24-14-16-5-3-8-18(13-16)25-22(28)15-27-23(29)12-11-21(26-27)20-10-4-7-17-6-1-2-9-19(17)20/h1-13H,15H2,(H,25,28). The van der Waals surface area contributed by atoms with E-state index in [1.54, 1.807) is 30.3 Å². The third kappa shape index (κ3) is 3.89. The number of nitriles is 1. The lowest BCUT2D eigenvalue weighted by Crippen LogP contribution is -2.29. The van der Waals surface area contributed by atoms with Crippen LogP contribution in [-0.4, -0.2) is 15.7 Å². The first-order chi connectivity index (χ1) is 14.1. The molecule has 3 aromatic carbocycles. The molecule has 1 amide bonds. The predicted octanol–water partition coefficient (Wildman–Crippen LogP) is 3.57. The average Bonchev–Trinajstić information content (AvgIpc) is 2.75. The zero-order valence-corrected chi connectivity index (χ0v) is 15.4. The monoisotopic (exact) mass is 380 g/mol. The van der Waals surface area contributed by atoms with Crippen LogP contribution in [0.3, 0.4) is 0 Å². The number of carbonyl (C=O) groups is 1. The molecule has 0 bridgehead atoms. The molecule has 4 rings (SSSR count). The lowest BCUT2D eigenvalue weighted by atomic mass is 10.0. The van der Waals surface area contributed by atoms with Gasteiger partial charge in [0.1, 0.15) is 6.54 Å². The molecule has 29 heavy (non-hydrogen) atoms. The molecular formula is C23H16N4O2. The SMILES string of the molecule is N#Cc1cccc(NC(=O)Cn2nc(-c3cccc4ccccc34)ccc2=O)c1. The topological polar surface area (TPSA) is 87.8 Å². The Morgan fingerprint density at radius 1 is 1.00 bits per heavy atom. The Labute approximate surface area is 166 Å². The van der Waals surface area contributed by atoms with E-state index in [0.29, 0.717) is 16.9 Å². The number of rotatable bonds is 4. The summed E-state index contributed by atoms with van der Waals surface area (Å²) in [4.78, 5) is 24.6. The lowest BCUT2D eigenvalue weighted by molar-refractivity contribution is -0.117. The molecular weight excluding hydrogens is 364 g/mol. The van der Waals surface area contributed by atoms with E-state index in [1.807, 2.05) is 48.5 Å². The van der Waals surface area contributed by atoms with Gasteiger partial charge in [-0.3, -0.25) is 9.59 Å². The van der Waals surface area contributed by atoms with Crippen LogP contribution in [0.2, 0.25) is 0 Å². The van der Waals surface area contributed by atoms with Crippen LogP contribution in [0.5, 0.6) is 0 Å². The van der Waals surface area contributed by atoms with Gasteiger partial charge < -0.3 is 5.32 Å². The van der Waals surface area contributed by atoms with Crippen LogP contribution in [0.15, 0.2) is 83.7 Å². The summed E-state index contributed by atoms with van der Waals surface area (Å²) < 4.78 is 1.14. The van der Waals surface area contributed by atoms with Crippen molar-refractivity contribution in [3.05, 3.63) is 94.8 Å². The number of amides is 1. The highest BCUT2D eigenvalue weighted by Crippen LogP contribution is 2.26. The Morgan fingerprint density at radius 2 is 1.79 bits per heavy atom. The van der Waals surface area contributed by atoms with Crippen LogP contribution in [0.4, 0.5) is 5.69 Å². The van der Waals surface area contributed by atoms with Gasteiger partial charge in [-0.25, -0.2) is 4.68 Å². The van der Waals surface area contributed by atoms with Crippen molar-refractivity contribution in [2.75, 3.05) is 5.32 Å². The van der Waals surface area contributed by atoms with E-state index < -0.39 is 5.91 Å². The number of nitrogens with zero attached hydrogens (tertiary/aromatic N) is 3. The van der Waals surface area contributed by atoms with Gasteiger partial charge in [0.25, 0.3) is 5.56 Å². The number of hydrogen-bond donors (Lipinski definition) is 1. The quantitative estimate of drug-likeness (QED) is 0.586. The third-order valence-corrected chi connectivity index (χ3v) is 4.50. The molecule has 0 saturated heterocycles. The highest BCUT2D eigenvalue weighted by Gasteiger charge is 2.10. The molecule has 0 unspecified atom stereocenters. The lowest BCUT2D eigenvalue weighted by Gasteiger charge is -2.10. The second kappa shape index (κ2) is 7.79. The molecule has 0 saturated carbocycles. The van der Waals surface area contributed by atoms with Gasteiger partial charge in [0.05, 0.1) is 17.3 Å². The van der Waals surface area contributed by atoms with Crippen LogP contribution in [-0.2, 0) is 11.3 Å². The number of anilines is 1. The second-order valence-corrected chi connectivity index (χ2v) is 6.48. The first-order valence-electron chi connectivity index (χ1n) is 9.00. The summed E-state index contributed by atoms with van der Waals surface area (Å²) in [5.41, 5.74) is 2.07. The molecule has 1 heterocycles. The van der Waals surface area contributed by atoms with Crippen molar-refractivity contribution in [3.8, 4) is 17.3 Å². The molecule has 4 aromatic rings. The highest BCUT2D eigenvalue weighted by atomic mass is 16.2. The molecule has 0 aliphatic carbocycles. The molecule has 1 N–H and O–H groups in total. The Balaban J connectivity index is 1.63. The summed E-state index contributed by atoms with van der Waals surface area (Å²) in [6, 6.07) is 25.5. The molecule has 0 aliphatic heterocycles. The van der Waals surface area contributed by atoms with Crippen LogP contribution in [0.25, 0.3) is 22.0 Å². The largest absolute Gasteiger partial charge is 0.324 e. The molecule has 0 spiro atoms. The molecule has 6 nitrogen and oxygen atoms in total. The Kier molecular flexibility index (Phi) is 4.87. The van der Waals surface area contributed by atoms with E-state index in [9.17, 15) is 9.59 Å². The average molecular weight is 380 g/mol. The van der Waals surface area contributed by atoms with Gasteiger partial charge in [0.15, 0.2) is 0 Å². The molecule has 140 valence electrons. The van der Waals surface area contributed by atoms with Crippen LogP contribution in [0, 0.1) is 11.3 Å². The number of benzene rings is 3. The van der Waals surface area contributed by atoms with Gasteiger partial charge >= 0.3 is 0 Å². The summed E-state index contributed by atoms with van der Waals surface area (Å²) in [5, 5.41) is 18.1. The van der Waals surface area contributed by atoms with Crippen molar-refractivity contribution >= 4 is 22.4 Å². The smallest absolute Gasteiger partial charge is 0.267 e. The van der Waals surface area contributed by atoms with Crippen molar-refractivity contribution < 1.29 is 4.79 Å². The number of nitrogens with one attached hydrogen (secondary N) is 1. The minimum absolute atomic E-state index is 0.228. The first kappa shape index (κ1) is 18.1. The molecule has 0 atom stereocenters. The fraction of sp³-hybridized carbons (Fsp3) is 0.0435. The summed E-state index contributed by atoms with van der Waals surface area (Å²) in [7, 11) is 0. The highest BCUT2D eigenvalue weighted by molar-refractivity contribution is 5.95. The minimum Gasteiger partial charge on any atom is -0.324 e. The van der Waals surface area contributed by atoms with Crippen molar-refractivity contribution in [1.29, 1.82) is 5.26 Å². The molecule has 0 fully saturated rings. The number of fused-ring (bicyclic) bond motifs is 1. The third-order valence-electron chi connectivity index (χ3n) is 4.50. The van der Waals surface area contributed by atoms with Crippen LogP contribution >= 0.6 is 0 Å². The minimum atomic E-state index is -0.398. The number of hydrogen-bond acceptors (Lipinski definition) is 4. The fourth-order valence-electron chi connectivity index (χ4n) is 3.16. The molecule has 0 radical (unpaired) electrons. The van der Waals surface area contributed by atoms with Crippen molar-refractivity contribution in [1.82, 2.24) is 9.78 Å². The maximum atomic E-state index is 12.4. The van der Waals surface area contributed by atoms with E-state index in [4.69, 9.17) is 5.26 Å². The first-order valence-corrected chi connectivity index (χ1v) is 9.00. The summed E-state index contributed by atoms with van der Waals surface area (Å²) >= 11 is 0. The molecule has 0 aliphatic rings. The fourth-order valence-corrected chi connectivity index (χ4v) is 3.16. The second-order valence-electron chi connectivity index (χ2n) is 6.48. The molecule has 6 heteroatoms. The van der Waals surface area contributed by atoms with Gasteiger partial charge in [-0.1, -0.05) is 48.5 Å². The van der Waals surface area contributed by atoms with E-state index in [1.165, 1.54) is 6.07 Å². The van der Waals surface area contributed by atoms with E-state index in [-0.39, 0.29) is 12.1 Å². The van der Waals surface area contributed by atoms with Gasteiger partial charge in [-0.15, -0.1) is 0 Å². The van der Waals surface area contributed by atoms with Crippen molar-refractivity contribution in [2.45, 2.75) is 6.54 Å². The normalized spacial score (nSPS) is 10.4. The van der Waals surface area contributed by atoms with E-state index >= 15 is 0 Å². The number of aromatic nitrogens is 2. The van der Waals surface area contributed by atoms with Crippen LogP contribution in [0.1, 0.15) is 5.56 Å². The maximum absolute atomic E-state index is 12.4. The summed E-state index contributed by atoms with van der Waals surface area (Å²) in [6.45, 7) is -0.228. The Hall–Kier alpha value is -4.24. The van der Waals surface area contributed by atoms with Crippen molar-refractivity contribution in [2.24, 2.45) is 0 Å². The summed E-state index contributed by atoms with van der Waals surface area (Å²) in [5.74, 6) is -0.398. The number of carbonyl (C=O) groups excluding carboxylic acids is 1. The van der Waals surface area contributed by atoms with Gasteiger partial charge in [-0.2, -0.15) is 10.4 Å².